The van der Waals surface area contributed by atoms with Gasteiger partial charge in [0.1, 0.15) is 0 Å². The van der Waals surface area contributed by atoms with Gasteiger partial charge in [0.25, 0.3) is 0 Å². The van der Waals surface area contributed by atoms with Gasteiger partial charge < -0.3 is 4.74 Å². The Kier molecular flexibility index (Phi) is 5.36. The van der Waals surface area contributed by atoms with E-state index in [-0.39, 0.29) is 0 Å². The smallest absolute Gasteiger partial charge is 0.0554 e. The molecule has 2 nitrogen and oxygen atoms in total. The summed E-state index contributed by atoms with van der Waals surface area (Å²) in [5.74, 6) is 1.51. The van der Waals surface area contributed by atoms with Crippen LogP contribution >= 0.6 is 0 Å². The highest BCUT2D eigenvalue weighted by Crippen LogP contribution is 2.44. The molecule has 2 aliphatic heterocycles. The highest BCUT2D eigenvalue weighted by Gasteiger charge is 2.36. The Balaban J connectivity index is 0.000000815. The van der Waals surface area contributed by atoms with Gasteiger partial charge in [0.2, 0.25) is 0 Å². The van der Waals surface area contributed by atoms with Crippen LogP contribution in [-0.2, 0) is 17.7 Å². The molecule has 0 atom stereocenters. The van der Waals surface area contributed by atoms with E-state index in [2.05, 4.69) is 37.8 Å². The summed E-state index contributed by atoms with van der Waals surface area (Å²) in [6, 6.07) is 5.10. The maximum Gasteiger partial charge on any atom is 0.0554 e. The first-order chi connectivity index (χ1) is 11.5. The van der Waals surface area contributed by atoms with E-state index >= 15 is 0 Å². The lowest BCUT2D eigenvalue weighted by atomic mass is 9.85. The average molecular weight is 330 g/mol. The van der Waals surface area contributed by atoms with Crippen LogP contribution in [0.1, 0.15) is 81.5 Å². The summed E-state index contributed by atoms with van der Waals surface area (Å²) in [5.41, 5.74) is 6.89. The Hall–Kier alpha value is -0.860. The van der Waals surface area contributed by atoms with Crippen LogP contribution in [0.4, 0.5) is 0 Å². The van der Waals surface area contributed by atoms with Gasteiger partial charge in [-0.2, -0.15) is 0 Å². The van der Waals surface area contributed by atoms with E-state index in [0.29, 0.717) is 11.3 Å². The molecule has 1 saturated carbocycles. The summed E-state index contributed by atoms with van der Waals surface area (Å²) in [6.45, 7) is 16.5. The molecule has 0 unspecified atom stereocenters. The van der Waals surface area contributed by atoms with Crippen LogP contribution in [0.25, 0.3) is 0 Å². The van der Waals surface area contributed by atoms with Crippen LogP contribution in [0, 0.1) is 5.41 Å². The molecule has 0 N–H and O–H groups in total. The minimum Gasteiger partial charge on any atom is -0.380 e. The summed E-state index contributed by atoms with van der Waals surface area (Å²) < 4.78 is 5.42. The molecule has 1 aromatic rings. The van der Waals surface area contributed by atoms with Gasteiger partial charge in [-0.05, 0) is 53.4 Å². The van der Waals surface area contributed by atoms with Gasteiger partial charge >= 0.3 is 0 Å². The minimum atomic E-state index is 0.398. The molecule has 1 saturated heterocycles. The second-order valence-electron chi connectivity index (χ2n) is 8.44. The van der Waals surface area contributed by atoms with Gasteiger partial charge in [-0.25, -0.2) is 0 Å². The predicted octanol–water partition coefficient (Wildman–Crippen LogP) is 5.11. The number of hydrogen-bond acceptors (Lipinski definition) is 2. The van der Waals surface area contributed by atoms with Crippen LogP contribution in [0.15, 0.2) is 12.1 Å². The van der Waals surface area contributed by atoms with Gasteiger partial charge in [-0.3, -0.25) is 4.90 Å². The molecule has 4 rings (SSSR count). The number of rotatable bonds is 4. The quantitative estimate of drug-likeness (QED) is 0.761. The van der Waals surface area contributed by atoms with Crippen LogP contribution in [0.3, 0.4) is 0 Å². The molecule has 24 heavy (non-hydrogen) atoms. The van der Waals surface area contributed by atoms with E-state index in [4.69, 9.17) is 4.74 Å². The van der Waals surface area contributed by atoms with Crippen molar-refractivity contribution in [3.05, 3.63) is 34.4 Å². The summed E-state index contributed by atoms with van der Waals surface area (Å²) in [5, 5.41) is 0. The van der Waals surface area contributed by atoms with Crippen LogP contribution in [-0.4, -0.2) is 31.2 Å². The maximum atomic E-state index is 5.42. The second-order valence-corrected chi connectivity index (χ2v) is 8.44. The second kappa shape index (κ2) is 7.17. The van der Waals surface area contributed by atoms with Crippen LogP contribution < -0.4 is 0 Å². The van der Waals surface area contributed by atoms with Crippen molar-refractivity contribution in [1.82, 2.24) is 4.90 Å². The van der Waals surface area contributed by atoms with Crippen molar-refractivity contribution in [3.63, 3.8) is 0 Å². The lowest BCUT2D eigenvalue weighted by molar-refractivity contribution is -0.116. The Morgan fingerprint density at radius 3 is 2.42 bits per heavy atom. The Bertz CT molecular complexity index is 570. The van der Waals surface area contributed by atoms with Crippen molar-refractivity contribution < 1.29 is 4.74 Å². The van der Waals surface area contributed by atoms with Crippen molar-refractivity contribution in [2.75, 3.05) is 26.3 Å². The van der Waals surface area contributed by atoms with Crippen molar-refractivity contribution >= 4 is 0 Å². The fraction of sp³-hybridized carbons (Fsp3) is 0.727. The van der Waals surface area contributed by atoms with Crippen molar-refractivity contribution in [2.45, 2.75) is 72.3 Å². The molecule has 2 fully saturated rings. The highest BCUT2D eigenvalue weighted by molar-refractivity contribution is 5.44. The minimum absolute atomic E-state index is 0.398. The van der Waals surface area contributed by atoms with E-state index in [0.717, 1.165) is 25.7 Å². The summed E-state index contributed by atoms with van der Waals surface area (Å²) in [4.78, 5) is 2.65. The normalized spacial score (nSPS) is 22.4. The lowest BCUT2D eigenvalue weighted by Crippen LogP contribution is -2.49. The third kappa shape index (κ3) is 3.70. The number of nitrogens with zero attached hydrogens (tertiary/aromatic N) is 1. The number of benzene rings is 1. The van der Waals surface area contributed by atoms with E-state index < -0.39 is 0 Å². The Labute approximate surface area is 148 Å². The molecule has 2 heterocycles. The van der Waals surface area contributed by atoms with Crippen molar-refractivity contribution in [2.24, 2.45) is 5.41 Å². The first kappa shape index (κ1) is 17.9. The van der Waals surface area contributed by atoms with Crippen LogP contribution in [0.5, 0.6) is 0 Å². The fourth-order valence-electron chi connectivity index (χ4n) is 4.17. The molecule has 1 aliphatic carbocycles. The molecular weight excluding hydrogens is 294 g/mol. The van der Waals surface area contributed by atoms with Crippen molar-refractivity contribution in [3.8, 4) is 0 Å². The first-order valence-electron chi connectivity index (χ1n) is 10.00. The number of fused-ring (bicyclic) bond motifs is 1. The Morgan fingerprint density at radius 2 is 1.88 bits per heavy atom. The summed E-state index contributed by atoms with van der Waals surface area (Å²) in [7, 11) is 0. The first-order valence-corrected chi connectivity index (χ1v) is 10.00. The molecule has 0 bridgehead atoms. The van der Waals surface area contributed by atoms with Crippen LogP contribution in [0.2, 0.25) is 0 Å². The van der Waals surface area contributed by atoms with E-state index in [1.54, 1.807) is 22.3 Å². The van der Waals surface area contributed by atoms with Gasteiger partial charge in [-0.15, -0.1) is 0 Å². The summed E-state index contributed by atoms with van der Waals surface area (Å²) in [6.07, 6.45) is 4.02. The summed E-state index contributed by atoms with van der Waals surface area (Å²) >= 11 is 0. The monoisotopic (exact) mass is 329 g/mol. The lowest BCUT2D eigenvalue weighted by Gasteiger charge is -2.43. The average Bonchev–Trinajstić information content (AvgIpc) is 3.38. The molecule has 3 aliphatic rings. The van der Waals surface area contributed by atoms with E-state index in [9.17, 15) is 0 Å². The topological polar surface area (TPSA) is 12.5 Å². The van der Waals surface area contributed by atoms with Gasteiger partial charge in [0, 0.05) is 25.0 Å². The zero-order chi connectivity index (χ0) is 17.3. The molecule has 0 aromatic heterocycles. The van der Waals surface area contributed by atoms with E-state index in [1.807, 2.05) is 13.8 Å². The third-order valence-electron chi connectivity index (χ3n) is 5.64. The SMILES string of the molecule is CC.CC(C)c1cc2c(cc1C1CC1)CN(CC1(C)COC1)CC2. The molecule has 0 radical (unpaired) electrons. The van der Waals surface area contributed by atoms with Crippen molar-refractivity contribution in [1.29, 1.82) is 0 Å². The molecule has 1 aromatic carbocycles. The molecule has 2 heteroatoms. The van der Waals surface area contributed by atoms with Gasteiger partial charge in [0.05, 0.1) is 13.2 Å². The number of ether oxygens (including phenoxy) is 1. The molecular formula is C22H35NO. The number of hydrogen-bond donors (Lipinski definition) is 0. The predicted molar refractivity (Wildman–Crippen MR) is 102 cm³/mol. The standard InChI is InChI=1S/C20H29NO.C2H6/c1-14(2)18-8-16-6-7-21(11-20(3)12-22-13-20)10-17(16)9-19(18)15-4-5-15;1-2/h8-9,14-15H,4-7,10-13H2,1-3H3;1-2H3. The van der Waals surface area contributed by atoms with E-state index in [1.165, 1.54) is 32.4 Å². The molecule has 134 valence electrons. The Morgan fingerprint density at radius 1 is 1.17 bits per heavy atom. The maximum absolute atomic E-state index is 5.42. The zero-order valence-electron chi connectivity index (χ0n) is 16.3. The zero-order valence-corrected chi connectivity index (χ0v) is 16.3. The van der Waals surface area contributed by atoms with Gasteiger partial charge in [-0.1, -0.05) is 46.8 Å². The highest BCUT2D eigenvalue weighted by atomic mass is 16.5. The fourth-order valence-corrected chi connectivity index (χ4v) is 4.17. The largest absolute Gasteiger partial charge is 0.380 e. The molecule has 0 amide bonds. The molecule has 0 spiro atoms. The third-order valence-corrected chi connectivity index (χ3v) is 5.64. The van der Waals surface area contributed by atoms with Gasteiger partial charge in [0.15, 0.2) is 0 Å².